The maximum Gasteiger partial charge on any atom is 0.224 e. The summed E-state index contributed by atoms with van der Waals surface area (Å²) >= 11 is 5.87. The topological polar surface area (TPSA) is 29.1 Å². The van der Waals surface area contributed by atoms with E-state index >= 15 is 0 Å². The molecule has 0 bridgehead atoms. The van der Waals surface area contributed by atoms with Gasteiger partial charge in [-0.05, 0) is 35.6 Å². The molecule has 0 spiro atoms. The molecule has 2 aromatic carbocycles. The van der Waals surface area contributed by atoms with Crippen molar-refractivity contribution >= 4 is 17.5 Å². The molecule has 2 nitrogen and oxygen atoms in total. The summed E-state index contributed by atoms with van der Waals surface area (Å²) in [5, 5.41) is 3.84. The molecule has 0 aromatic heterocycles. The average Bonchev–Trinajstić information content (AvgIpc) is 2.49. The smallest absolute Gasteiger partial charge is 0.224 e. The number of amides is 1. The minimum Gasteiger partial charge on any atom is -0.349 e. The van der Waals surface area contributed by atoms with Crippen LogP contribution in [0.2, 0.25) is 5.02 Å². The van der Waals surface area contributed by atoms with Crippen LogP contribution in [0.4, 0.5) is 0 Å². The molecule has 0 aliphatic rings. The molecule has 1 atom stereocenters. The van der Waals surface area contributed by atoms with Gasteiger partial charge in [-0.1, -0.05) is 67.9 Å². The Kier molecular flexibility index (Phi) is 6.02. The highest BCUT2D eigenvalue weighted by molar-refractivity contribution is 6.30. The first-order valence-corrected chi connectivity index (χ1v) is 8.01. The molecule has 2 aromatic rings. The third kappa shape index (κ3) is 5.19. The largest absolute Gasteiger partial charge is 0.349 e. The Labute approximate surface area is 137 Å². The van der Waals surface area contributed by atoms with Crippen molar-refractivity contribution in [3.8, 4) is 0 Å². The Morgan fingerprint density at radius 3 is 2.27 bits per heavy atom. The van der Waals surface area contributed by atoms with E-state index < -0.39 is 0 Å². The molecule has 0 radical (unpaired) electrons. The monoisotopic (exact) mass is 315 g/mol. The quantitative estimate of drug-likeness (QED) is 0.816. The van der Waals surface area contributed by atoms with E-state index in [2.05, 4.69) is 31.3 Å². The highest BCUT2D eigenvalue weighted by atomic mass is 35.5. The van der Waals surface area contributed by atoms with Crippen LogP contribution in [0.15, 0.2) is 54.6 Å². The van der Waals surface area contributed by atoms with Gasteiger partial charge in [0.2, 0.25) is 5.91 Å². The van der Waals surface area contributed by atoms with Crippen LogP contribution in [0.1, 0.15) is 37.4 Å². The van der Waals surface area contributed by atoms with Crippen LogP contribution >= 0.6 is 11.6 Å². The summed E-state index contributed by atoms with van der Waals surface area (Å²) in [7, 11) is 0. The highest BCUT2D eigenvalue weighted by Gasteiger charge is 2.16. The molecule has 1 unspecified atom stereocenters. The minimum atomic E-state index is 0.0387. The van der Waals surface area contributed by atoms with Gasteiger partial charge < -0.3 is 5.32 Å². The van der Waals surface area contributed by atoms with Crippen molar-refractivity contribution in [2.24, 2.45) is 5.92 Å². The lowest BCUT2D eigenvalue weighted by Gasteiger charge is -2.21. The third-order valence-electron chi connectivity index (χ3n) is 3.52. The lowest BCUT2D eigenvalue weighted by Crippen LogP contribution is -2.30. The Hall–Kier alpha value is -1.80. The fourth-order valence-electron chi connectivity index (χ4n) is 2.47. The summed E-state index contributed by atoms with van der Waals surface area (Å²) in [4.78, 5) is 12.3. The fourth-order valence-corrected chi connectivity index (χ4v) is 2.59. The van der Waals surface area contributed by atoms with Crippen LogP contribution in [0, 0.1) is 5.92 Å². The van der Waals surface area contributed by atoms with Crippen LogP contribution < -0.4 is 5.32 Å². The Morgan fingerprint density at radius 2 is 1.68 bits per heavy atom. The Balaban J connectivity index is 2.03. The van der Waals surface area contributed by atoms with Gasteiger partial charge in [-0.15, -0.1) is 0 Å². The second kappa shape index (κ2) is 8.00. The number of rotatable bonds is 6. The maximum absolute atomic E-state index is 12.3. The zero-order chi connectivity index (χ0) is 15.9. The van der Waals surface area contributed by atoms with Crippen molar-refractivity contribution in [1.82, 2.24) is 5.32 Å². The van der Waals surface area contributed by atoms with E-state index in [-0.39, 0.29) is 11.9 Å². The van der Waals surface area contributed by atoms with Crippen molar-refractivity contribution in [2.45, 2.75) is 32.7 Å². The standard InChI is InChI=1S/C19H22ClNO/c1-14(2)12-18(16-6-4-3-5-7-16)21-19(22)13-15-8-10-17(20)11-9-15/h3-11,14,18H,12-13H2,1-2H3,(H,21,22). The molecule has 0 fully saturated rings. The highest BCUT2D eigenvalue weighted by Crippen LogP contribution is 2.21. The molecule has 1 amide bonds. The number of halogens is 1. The Bertz CT molecular complexity index is 593. The molecule has 22 heavy (non-hydrogen) atoms. The Morgan fingerprint density at radius 1 is 1.05 bits per heavy atom. The first kappa shape index (κ1) is 16.6. The van der Waals surface area contributed by atoms with Crippen LogP contribution in [0.3, 0.4) is 0 Å². The van der Waals surface area contributed by atoms with Gasteiger partial charge in [-0.3, -0.25) is 4.79 Å². The summed E-state index contributed by atoms with van der Waals surface area (Å²) in [5.41, 5.74) is 2.12. The molecule has 3 heteroatoms. The van der Waals surface area contributed by atoms with Gasteiger partial charge in [0.15, 0.2) is 0 Å². The van der Waals surface area contributed by atoms with E-state index in [4.69, 9.17) is 11.6 Å². The first-order valence-electron chi connectivity index (χ1n) is 7.63. The summed E-state index contributed by atoms with van der Waals surface area (Å²) in [6, 6.07) is 17.6. The third-order valence-corrected chi connectivity index (χ3v) is 3.77. The van der Waals surface area contributed by atoms with Gasteiger partial charge >= 0.3 is 0 Å². The number of hydrogen-bond acceptors (Lipinski definition) is 1. The summed E-state index contributed by atoms with van der Waals surface area (Å²) in [6.45, 7) is 4.34. The normalized spacial score (nSPS) is 12.2. The van der Waals surface area contributed by atoms with E-state index in [1.165, 1.54) is 0 Å². The second-order valence-corrected chi connectivity index (χ2v) is 6.40. The van der Waals surface area contributed by atoms with Crippen LogP contribution in [-0.4, -0.2) is 5.91 Å². The van der Waals surface area contributed by atoms with E-state index in [0.717, 1.165) is 17.5 Å². The fraction of sp³-hybridized carbons (Fsp3) is 0.316. The van der Waals surface area contributed by atoms with Crippen molar-refractivity contribution in [3.63, 3.8) is 0 Å². The van der Waals surface area contributed by atoms with E-state index in [1.54, 1.807) is 0 Å². The maximum atomic E-state index is 12.3. The second-order valence-electron chi connectivity index (χ2n) is 5.96. The molecule has 0 saturated heterocycles. The lowest BCUT2D eigenvalue weighted by atomic mass is 9.96. The molecule has 0 saturated carbocycles. The van der Waals surface area contributed by atoms with E-state index in [0.29, 0.717) is 17.4 Å². The van der Waals surface area contributed by atoms with Crippen molar-refractivity contribution in [2.75, 3.05) is 0 Å². The van der Waals surface area contributed by atoms with Gasteiger partial charge in [0.05, 0.1) is 12.5 Å². The average molecular weight is 316 g/mol. The zero-order valence-electron chi connectivity index (χ0n) is 13.1. The summed E-state index contributed by atoms with van der Waals surface area (Å²) < 4.78 is 0. The van der Waals surface area contributed by atoms with Gasteiger partial charge in [0.25, 0.3) is 0 Å². The molecule has 116 valence electrons. The van der Waals surface area contributed by atoms with Crippen molar-refractivity contribution in [1.29, 1.82) is 0 Å². The number of nitrogens with one attached hydrogen (secondary N) is 1. The van der Waals surface area contributed by atoms with Gasteiger partial charge in [0.1, 0.15) is 0 Å². The number of benzene rings is 2. The molecule has 0 aliphatic carbocycles. The zero-order valence-corrected chi connectivity index (χ0v) is 13.8. The van der Waals surface area contributed by atoms with Gasteiger partial charge in [-0.2, -0.15) is 0 Å². The molecular weight excluding hydrogens is 294 g/mol. The molecule has 1 N–H and O–H groups in total. The van der Waals surface area contributed by atoms with Crippen LogP contribution in [0.5, 0.6) is 0 Å². The predicted octanol–water partition coefficient (Wildman–Crippen LogP) is 4.79. The van der Waals surface area contributed by atoms with Crippen molar-refractivity contribution < 1.29 is 4.79 Å². The van der Waals surface area contributed by atoms with E-state index in [9.17, 15) is 4.79 Å². The molecule has 2 rings (SSSR count). The molecular formula is C19H22ClNO. The van der Waals surface area contributed by atoms with Crippen molar-refractivity contribution in [3.05, 3.63) is 70.7 Å². The SMILES string of the molecule is CC(C)CC(NC(=O)Cc1ccc(Cl)cc1)c1ccccc1. The minimum absolute atomic E-state index is 0.0387. The molecule has 0 aliphatic heterocycles. The number of carbonyl (C=O) groups excluding carboxylic acids is 1. The molecule has 0 heterocycles. The summed E-state index contributed by atoms with van der Waals surface area (Å²) in [6.07, 6.45) is 1.30. The lowest BCUT2D eigenvalue weighted by molar-refractivity contribution is -0.121. The number of hydrogen-bond donors (Lipinski definition) is 1. The number of carbonyl (C=O) groups is 1. The van der Waals surface area contributed by atoms with Crippen LogP contribution in [-0.2, 0) is 11.2 Å². The predicted molar refractivity (Wildman–Crippen MR) is 91.9 cm³/mol. The van der Waals surface area contributed by atoms with E-state index in [1.807, 2.05) is 42.5 Å². The summed E-state index contributed by atoms with van der Waals surface area (Å²) in [5.74, 6) is 0.554. The van der Waals surface area contributed by atoms with Gasteiger partial charge in [-0.25, -0.2) is 0 Å². The van der Waals surface area contributed by atoms with Crippen LogP contribution in [0.25, 0.3) is 0 Å². The van der Waals surface area contributed by atoms with Gasteiger partial charge in [0, 0.05) is 5.02 Å². The first-order chi connectivity index (χ1) is 10.5.